The number of esters is 1. The monoisotopic (exact) mass is 303 g/mol. The summed E-state index contributed by atoms with van der Waals surface area (Å²) in [4.78, 5) is 25.8. The average molecular weight is 303 g/mol. The summed E-state index contributed by atoms with van der Waals surface area (Å²) in [6.07, 6.45) is -3.64. The van der Waals surface area contributed by atoms with Crippen LogP contribution in [-0.4, -0.2) is 20.7 Å². The number of carbonyl (C=O) groups is 1. The van der Waals surface area contributed by atoms with E-state index < -0.39 is 30.2 Å². The van der Waals surface area contributed by atoms with E-state index in [0.717, 1.165) is 23.8 Å². The average Bonchev–Trinajstić information content (AvgIpc) is 2.77. The van der Waals surface area contributed by atoms with Crippen LogP contribution in [0.15, 0.2) is 27.6 Å². The third-order valence-corrected chi connectivity index (χ3v) is 2.40. The summed E-state index contributed by atoms with van der Waals surface area (Å²) in [6, 6.07) is 1.49. The van der Waals surface area contributed by atoms with Crippen molar-refractivity contribution in [2.75, 3.05) is 0 Å². The van der Waals surface area contributed by atoms with Crippen molar-refractivity contribution in [1.29, 1.82) is 0 Å². The predicted molar refractivity (Wildman–Crippen MR) is 60.8 cm³/mol. The Labute approximate surface area is 114 Å². The number of aromatic nitrogens is 3. The minimum absolute atomic E-state index is 0.233. The molecule has 0 amide bonds. The minimum atomic E-state index is -4.57. The Bertz CT molecular complexity index is 720. The van der Waals surface area contributed by atoms with Gasteiger partial charge in [-0.3, -0.25) is 14.3 Å². The number of hydrogen-bond acceptors (Lipinski definition) is 6. The van der Waals surface area contributed by atoms with Crippen LogP contribution in [0, 0.1) is 0 Å². The number of ether oxygens (including phenoxy) is 1. The van der Waals surface area contributed by atoms with Crippen molar-refractivity contribution in [2.45, 2.75) is 19.8 Å². The molecule has 2 aromatic rings. The molecular formula is C11H8F3N3O4. The molecule has 0 spiro atoms. The van der Waals surface area contributed by atoms with E-state index in [2.05, 4.69) is 19.4 Å². The van der Waals surface area contributed by atoms with E-state index in [1.165, 1.54) is 0 Å². The summed E-state index contributed by atoms with van der Waals surface area (Å²) in [5.41, 5.74) is -1.19. The van der Waals surface area contributed by atoms with Crippen molar-refractivity contribution in [3.8, 4) is 11.5 Å². The summed E-state index contributed by atoms with van der Waals surface area (Å²) in [5, 5.41) is 3.34. The topological polar surface area (TPSA) is 87.2 Å². The molecule has 0 aliphatic rings. The van der Waals surface area contributed by atoms with Gasteiger partial charge in [-0.25, -0.2) is 9.36 Å². The van der Waals surface area contributed by atoms with Gasteiger partial charge in [-0.05, 0) is 12.1 Å². The Kier molecular flexibility index (Phi) is 3.78. The zero-order valence-corrected chi connectivity index (χ0v) is 10.5. The minimum Gasteiger partial charge on any atom is -0.444 e. The van der Waals surface area contributed by atoms with Gasteiger partial charge in [0.15, 0.2) is 6.73 Å². The van der Waals surface area contributed by atoms with Gasteiger partial charge >= 0.3 is 17.9 Å². The number of nitrogens with zero attached hydrogens (tertiary/aromatic N) is 3. The maximum absolute atomic E-state index is 12.6. The summed E-state index contributed by atoms with van der Waals surface area (Å²) in [7, 11) is 0. The third kappa shape index (κ3) is 3.27. The highest BCUT2D eigenvalue weighted by Gasteiger charge is 2.31. The predicted octanol–water partition coefficient (Wildman–Crippen LogP) is 1.44. The first-order chi connectivity index (χ1) is 9.79. The van der Waals surface area contributed by atoms with Gasteiger partial charge in [0.05, 0.1) is 5.56 Å². The van der Waals surface area contributed by atoms with Crippen LogP contribution in [0.5, 0.6) is 0 Å². The van der Waals surface area contributed by atoms with E-state index in [1.54, 1.807) is 0 Å². The largest absolute Gasteiger partial charge is 0.444 e. The van der Waals surface area contributed by atoms with Crippen LogP contribution in [0.4, 0.5) is 13.2 Å². The lowest BCUT2D eigenvalue weighted by Crippen LogP contribution is -2.19. The number of alkyl halides is 3. The van der Waals surface area contributed by atoms with E-state index in [4.69, 9.17) is 0 Å². The second-order valence-electron chi connectivity index (χ2n) is 3.89. The molecule has 0 aliphatic carbocycles. The Hall–Kier alpha value is -2.65. The van der Waals surface area contributed by atoms with Crippen molar-refractivity contribution >= 4 is 5.97 Å². The standard InChI is InChI=1S/C11H8F3N3O4/c1-6(18)20-5-17-9(16-21-10(17)19)8-4-7(2-3-15-8)11(12,13)14/h2-4H,5H2,1H3. The summed E-state index contributed by atoms with van der Waals surface area (Å²) in [5.74, 6) is -1.93. The molecule has 0 bridgehead atoms. The van der Waals surface area contributed by atoms with Gasteiger partial charge in [0.2, 0.25) is 5.82 Å². The van der Waals surface area contributed by atoms with Gasteiger partial charge in [-0.1, -0.05) is 5.16 Å². The molecular weight excluding hydrogens is 295 g/mol. The van der Waals surface area contributed by atoms with Crippen LogP contribution >= 0.6 is 0 Å². The van der Waals surface area contributed by atoms with E-state index in [1.807, 2.05) is 0 Å². The van der Waals surface area contributed by atoms with Gasteiger partial charge < -0.3 is 4.74 Å². The summed E-state index contributed by atoms with van der Waals surface area (Å²) < 4.78 is 47.6. The fourth-order valence-electron chi connectivity index (χ4n) is 1.45. The lowest BCUT2D eigenvalue weighted by atomic mass is 10.2. The van der Waals surface area contributed by atoms with Gasteiger partial charge in [0, 0.05) is 13.1 Å². The first kappa shape index (κ1) is 14.8. The molecule has 2 heterocycles. The van der Waals surface area contributed by atoms with Gasteiger partial charge in [-0.2, -0.15) is 13.2 Å². The number of hydrogen-bond donors (Lipinski definition) is 0. The van der Waals surface area contributed by atoms with Crippen LogP contribution in [0.2, 0.25) is 0 Å². The third-order valence-electron chi connectivity index (χ3n) is 2.40. The molecule has 112 valence electrons. The Balaban J connectivity index is 2.43. The quantitative estimate of drug-likeness (QED) is 0.797. The SMILES string of the molecule is CC(=O)OCn1c(-c2cc(C(F)(F)F)ccn2)noc1=O. The maximum atomic E-state index is 12.6. The second-order valence-corrected chi connectivity index (χ2v) is 3.89. The molecule has 7 nitrogen and oxygen atoms in total. The van der Waals surface area contributed by atoms with Crippen molar-refractivity contribution in [3.63, 3.8) is 0 Å². The fourth-order valence-corrected chi connectivity index (χ4v) is 1.45. The number of carbonyl (C=O) groups excluding carboxylic acids is 1. The molecule has 0 saturated heterocycles. The van der Waals surface area contributed by atoms with Crippen LogP contribution in [0.3, 0.4) is 0 Å². The van der Waals surface area contributed by atoms with Gasteiger partial charge in [0.1, 0.15) is 5.69 Å². The smallest absolute Gasteiger partial charge is 0.444 e. The molecule has 2 aromatic heterocycles. The molecule has 0 unspecified atom stereocenters. The van der Waals surface area contributed by atoms with Crippen LogP contribution in [0.1, 0.15) is 12.5 Å². The Morgan fingerprint density at radius 2 is 2.19 bits per heavy atom. The van der Waals surface area contributed by atoms with Crippen LogP contribution < -0.4 is 5.76 Å². The number of rotatable bonds is 3. The van der Waals surface area contributed by atoms with Crippen LogP contribution in [0.25, 0.3) is 11.5 Å². The first-order valence-electron chi connectivity index (χ1n) is 5.52. The molecule has 0 atom stereocenters. The molecule has 2 rings (SSSR count). The molecule has 0 saturated carbocycles. The summed E-state index contributed by atoms with van der Waals surface area (Å²) in [6.45, 7) is 0.575. The fraction of sp³-hybridized carbons (Fsp3) is 0.273. The van der Waals surface area contributed by atoms with E-state index in [-0.39, 0.29) is 11.5 Å². The van der Waals surface area contributed by atoms with Crippen molar-refractivity contribution in [2.24, 2.45) is 0 Å². The van der Waals surface area contributed by atoms with Gasteiger partial charge in [0.25, 0.3) is 0 Å². The highest BCUT2D eigenvalue weighted by atomic mass is 19.4. The molecule has 0 fully saturated rings. The van der Waals surface area contributed by atoms with Gasteiger partial charge in [-0.15, -0.1) is 0 Å². The summed E-state index contributed by atoms with van der Waals surface area (Å²) >= 11 is 0. The zero-order chi connectivity index (χ0) is 15.6. The lowest BCUT2D eigenvalue weighted by Gasteiger charge is -2.08. The van der Waals surface area contributed by atoms with E-state index in [9.17, 15) is 22.8 Å². The highest BCUT2D eigenvalue weighted by Crippen LogP contribution is 2.30. The maximum Gasteiger partial charge on any atom is 0.444 e. The first-order valence-corrected chi connectivity index (χ1v) is 5.52. The zero-order valence-electron chi connectivity index (χ0n) is 10.5. The Morgan fingerprint density at radius 3 is 2.81 bits per heavy atom. The van der Waals surface area contributed by atoms with Crippen molar-refractivity contribution in [3.05, 3.63) is 34.4 Å². The molecule has 0 radical (unpaired) electrons. The second kappa shape index (κ2) is 5.38. The molecule has 10 heteroatoms. The van der Waals surface area contributed by atoms with E-state index >= 15 is 0 Å². The molecule has 0 N–H and O–H groups in total. The molecule has 0 aromatic carbocycles. The lowest BCUT2D eigenvalue weighted by molar-refractivity contribution is -0.144. The molecule has 0 aliphatic heterocycles. The highest BCUT2D eigenvalue weighted by molar-refractivity contribution is 5.65. The number of halogens is 3. The Morgan fingerprint density at radius 1 is 1.48 bits per heavy atom. The van der Waals surface area contributed by atoms with Crippen molar-refractivity contribution in [1.82, 2.24) is 14.7 Å². The van der Waals surface area contributed by atoms with Crippen LogP contribution in [-0.2, 0) is 22.4 Å². The number of pyridine rings is 1. The molecule has 21 heavy (non-hydrogen) atoms. The van der Waals surface area contributed by atoms with Crippen molar-refractivity contribution < 1.29 is 27.2 Å². The normalized spacial score (nSPS) is 11.4. The van der Waals surface area contributed by atoms with E-state index in [0.29, 0.717) is 6.07 Å².